The van der Waals surface area contributed by atoms with Gasteiger partial charge in [-0.3, -0.25) is 4.57 Å². The summed E-state index contributed by atoms with van der Waals surface area (Å²) in [6.45, 7) is -0.422. The number of hydrogen-bond acceptors (Lipinski definition) is 9. The second kappa shape index (κ2) is 8.68. The van der Waals surface area contributed by atoms with E-state index < -0.39 is 69.9 Å². The van der Waals surface area contributed by atoms with Crippen LogP contribution in [0.2, 0.25) is 5.15 Å². The van der Waals surface area contributed by atoms with Crippen LogP contribution in [0, 0.1) is 11.3 Å². The molecule has 0 amide bonds. The molecule has 0 unspecified atom stereocenters. The Hall–Kier alpha value is -1.95. The largest absolute Gasteiger partial charge is 0.387 e. The molecule has 0 aromatic carbocycles. The molecule has 16 heteroatoms. The highest BCUT2D eigenvalue weighted by Crippen LogP contribution is 2.42. The van der Waals surface area contributed by atoms with Gasteiger partial charge in [-0.2, -0.15) is 10.4 Å². The third kappa shape index (κ3) is 4.82. The molecule has 33 heavy (non-hydrogen) atoms. The molecule has 2 aromatic heterocycles. The lowest BCUT2D eigenvalue weighted by molar-refractivity contribution is -0.0793. The third-order valence-electron chi connectivity index (χ3n) is 5.37. The Morgan fingerprint density at radius 2 is 2.09 bits per heavy atom. The Morgan fingerprint density at radius 1 is 1.39 bits per heavy atom. The molecule has 5 N–H and O–H groups in total. The molecule has 2 aromatic rings. The van der Waals surface area contributed by atoms with Crippen LogP contribution in [0.4, 0.5) is 14.5 Å². The fraction of sp³-hybridized carbons (Fsp3) is 0.588. The predicted octanol–water partition coefficient (Wildman–Crippen LogP) is 0.937. The van der Waals surface area contributed by atoms with E-state index in [1.165, 1.54) is 6.20 Å². The average molecular weight is 510 g/mol. The molecule has 0 bridgehead atoms. The van der Waals surface area contributed by atoms with Crippen LogP contribution in [0.15, 0.2) is 6.20 Å². The van der Waals surface area contributed by atoms with Crippen LogP contribution >= 0.6 is 19.2 Å². The molecule has 2 aliphatic rings. The Kier molecular flexibility index (Phi) is 6.36. The monoisotopic (exact) mass is 509 g/mol. The molecule has 4 rings (SSSR count). The van der Waals surface area contributed by atoms with Gasteiger partial charge in [0.15, 0.2) is 17.0 Å². The maximum atomic E-state index is 13.3. The highest BCUT2D eigenvalue weighted by molar-refractivity contribution is 7.51. The van der Waals surface area contributed by atoms with Crippen LogP contribution in [-0.4, -0.2) is 78.0 Å². The van der Waals surface area contributed by atoms with Crippen molar-refractivity contribution in [2.45, 2.75) is 49.3 Å². The van der Waals surface area contributed by atoms with Crippen molar-refractivity contribution in [3.8, 4) is 6.07 Å². The van der Waals surface area contributed by atoms with Crippen molar-refractivity contribution in [1.82, 2.24) is 14.8 Å². The molecule has 0 radical (unpaired) electrons. The SMILES string of the molecule is N#Cc1c(Cl)nc2c(cnn2[C@@H]2O[C@H](COCP(=O)(O)O)[C@@H](O)[C@H]2O)c1NC1CC(F)(F)C1. The topological polar surface area (TPSA) is 183 Å². The normalized spacial score (nSPS) is 27.5. The van der Waals surface area contributed by atoms with Crippen LogP contribution in [0.25, 0.3) is 11.0 Å². The first-order valence-electron chi connectivity index (χ1n) is 9.65. The Bertz CT molecular complexity index is 1150. The van der Waals surface area contributed by atoms with Gasteiger partial charge in [-0.25, -0.2) is 18.4 Å². The van der Waals surface area contributed by atoms with Crippen molar-refractivity contribution in [3.63, 3.8) is 0 Å². The van der Waals surface area contributed by atoms with E-state index in [-0.39, 0.29) is 27.4 Å². The van der Waals surface area contributed by atoms with Crippen LogP contribution in [-0.2, 0) is 14.0 Å². The minimum absolute atomic E-state index is 0.0561. The van der Waals surface area contributed by atoms with Gasteiger partial charge in [-0.1, -0.05) is 11.6 Å². The zero-order valence-corrected chi connectivity index (χ0v) is 18.3. The lowest BCUT2D eigenvalue weighted by Crippen LogP contribution is -2.44. The molecule has 1 aliphatic heterocycles. The summed E-state index contributed by atoms with van der Waals surface area (Å²) < 4.78 is 49.0. The Labute approximate surface area is 189 Å². The van der Waals surface area contributed by atoms with E-state index in [0.29, 0.717) is 0 Å². The van der Waals surface area contributed by atoms with Gasteiger partial charge in [0, 0.05) is 18.9 Å². The van der Waals surface area contributed by atoms with Gasteiger partial charge >= 0.3 is 7.60 Å². The maximum absolute atomic E-state index is 13.3. The van der Waals surface area contributed by atoms with Crippen molar-refractivity contribution >= 4 is 35.9 Å². The van der Waals surface area contributed by atoms with Crippen LogP contribution in [0.1, 0.15) is 24.6 Å². The van der Waals surface area contributed by atoms with Gasteiger partial charge in [0.05, 0.1) is 23.9 Å². The number of rotatable bonds is 7. The van der Waals surface area contributed by atoms with E-state index in [1.807, 2.05) is 6.07 Å². The number of aromatic nitrogens is 3. The number of fused-ring (bicyclic) bond motifs is 1. The summed E-state index contributed by atoms with van der Waals surface area (Å²) in [5.74, 6) is -2.79. The summed E-state index contributed by atoms with van der Waals surface area (Å²) in [5.41, 5.74) is 0.157. The number of nitrogens with one attached hydrogen (secondary N) is 1. The standard InChI is InChI=1S/C17H19ClF2N5O7P/c18-14-8(3-21)11(23-7-1-17(19,20)2-7)9-4-22-25(15(9)24-14)16-13(27)12(26)10(32-16)5-31-6-33(28,29)30/h4,7,10,12-13,16,26-27H,1-2,5-6H2,(H,23,24)(H2,28,29,30)/t10-,12-,13-,16-/m1/s1. The summed E-state index contributed by atoms with van der Waals surface area (Å²) in [4.78, 5) is 21.9. The third-order valence-corrected chi connectivity index (χ3v) is 6.16. The first-order chi connectivity index (χ1) is 15.4. The molecule has 3 heterocycles. The molecule has 12 nitrogen and oxygen atoms in total. The zero-order chi connectivity index (χ0) is 24.1. The van der Waals surface area contributed by atoms with Crippen molar-refractivity contribution < 1.29 is 42.8 Å². The van der Waals surface area contributed by atoms with E-state index in [9.17, 15) is 28.8 Å². The molecule has 2 fully saturated rings. The predicted molar refractivity (Wildman–Crippen MR) is 108 cm³/mol. The molecular formula is C17H19ClF2N5O7P. The number of anilines is 1. The number of aliphatic hydroxyl groups excluding tert-OH is 2. The second-order valence-corrected chi connectivity index (χ2v) is 9.85. The maximum Gasteiger partial charge on any atom is 0.350 e. The second-order valence-electron chi connectivity index (χ2n) is 7.91. The summed E-state index contributed by atoms with van der Waals surface area (Å²) in [6, 6.07) is 1.29. The Morgan fingerprint density at radius 3 is 2.70 bits per heavy atom. The van der Waals surface area contributed by atoms with E-state index >= 15 is 0 Å². The summed E-state index contributed by atoms with van der Waals surface area (Å²) in [5, 5.41) is 37.2. The molecular weight excluding hydrogens is 491 g/mol. The number of alkyl halides is 2. The number of halogens is 3. The number of aliphatic hydroxyl groups is 2. The van der Waals surface area contributed by atoms with Crippen molar-refractivity contribution in [2.75, 3.05) is 18.3 Å². The number of ether oxygens (including phenoxy) is 2. The van der Waals surface area contributed by atoms with Crippen LogP contribution in [0.3, 0.4) is 0 Å². The number of nitrogens with zero attached hydrogens (tertiary/aromatic N) is 4. The molecule has 0 spiro atoms. The fourth-order valence-corrected chi connectivity index (χ4v) is 4.35. The molecule has 1 saturated heterocycles. The van der Waals surface area contributed by atoms with E-state index in [2.05, 4.69) is 15.4 Å². The van der Waals surface area contributed by atoms with Gasteiger partial charge in [0.1, 0.15) is 36.3 Å². The first kappa shape index (κ1) is 24.2. The lowest BCUT2D eigenvalue weighted by atomic mass is 9.88. The van der Waals surface area contributed by atoms with E-state index in [1.54, 1.807) is 0 Å². The summed E-state index contributed by atoms with van der Waals surface area (Å²) >= 11 is 6.14. The van der Waals surface area contributed by atoms with Crippen molar-refractivity contribution in [1.29, 1.82) is 5.26 Å². The average Bonchev–Trinajstić information content (AvgIpc) is 3.21. The minimum Gasteiger partial charge on any atom is -0.387 e. The van der Waals surface area contributed by atoms with Crippen molar-refractivity contribution in [2.24, 2.45) is 0 Å². The molecule has 180 valence electrons. The molecule has 1 aliphatic carbocycles. The van der Waals surface area contributed by atoms with Gasteiger partial charge in [-0.05, 0) is 0 Å². The minimum atomic E-state index is -4.43. The summed E-state index contributed by atoms with van der Waals surface area (Å²) in [7, 11) is -4.43. The van der Waals surface area contributed by atoms with Gasteiger partial charge in [0.25, 0.3) is 5.92 Å². The Balaban J connectivity index is 1.61. The molecule has 1 saturated carbocycles. The molecule has 4 atom stereocenters. The number of pyridine rings is 1. The van der Waals surface area contributed by atoms with E-state index in [0.717, 1.165) is 4.68 Å². The van der Waals surface area contributed by atoms with E-state index in [4.69, 9.17) is 30.9 Å². The first-order valence-corrected chi connectivity index (χ1v) is 11.8. The van der Waals surface area contributed by atoms with Gasteiger partial charge in [-0.15, -0.1) is 0 Å². The number of nitriles is 1. The highest BCUT2D eigenvalue weighted by atomic mass is 35.5. The quantitative estimate of drug-likeness (QED) is 0.264. The highest BCUT2D eigenvalue weighted by Gasteiger charge is 2.47. The van der Waals surface area contributed by atoms with Crippen LogP contribution in [0.5, 0.6) is 0 Å². The van der Waals surface area contributed by atoms with Gasteiger partial charge in [0.2, 0.25) is 0 Å². The van der Waals surface area contributed by atoms with Gasteiger partial charge < -0.3 is 34.8 Å². The van der Waals surface area contributed by atoms with Crippen LogP contribution < -0.4 is 5.32 Å². The zero-order valence-electron chi connectivity index (χ0n) is 16.7. The van der Waals surface area contributed by atoms with Crippen molar-refractivity contribution in [3.05, 3.63) is 16.9 Å². The fourth-order valence-electron chi connectivity index (χ4n) is 3.79. The lowest BCUT2D eigenvalue weighted by Gasteiger charge is -2.36. The number of hydrogen-bond donors (Lipinski definition) is 5. The smallest absolute Gasteiger partial charge is 0.350 e. The summed E-state index contributed by atoms with van der Waals surface area (Å²) in [6.07, 6.45) is -5.85.